The predicted octanol–water partition coefficient (Wildman–Crippen LogP) is 4.25. The number of rotatable bonds is 8. The van der Waals surface area contributed by atoms with Crippen LogP contribution in [0.15, 0.2) is 24.3 Å². The van der Waals surface area contributed by atoms with E-state index in [0.717, 1.165) is 46.2 Å². The highest BCUT2D eigenvalue weighted by molar-refractivity contribution is 5.53. The van der Waals surface area contributed by atoms with Crippen molar-refractivity contribution in [2.75, 3.05) is 19.8 Å². The first-order valence-electron chi connectivity index (χ1n) is 9.14. The van der Waals surface area contributed by atoms with Crippen molar-refractivity contribution in [3.8, 4) is 11.5 Å². The minimum Gasteiger partial charge on any atom is -0.507 e. The molecule has 0 saturated carbocycles. The molecule has 142 valence electrons. The summed E-state index contributed by atoms with van der Waals surface area (Å²) >= 11 is 0. The third-order valence-electron chi connectivity index (χ3n) is 4.72. The molecule has 0 radical (unpaired) electrons. The summed E-state index contributed by atoms with van der Waals surface area (Å²) in [6.07, 6.45) is 1.50. The normalized spacial score (nSPS) is 11.3. The summed E-state index contributed by atoms with van der Waals surface area (Å²) in [7, 11) is 0. The summed E-state index contributed by atoms with van der Waals surface area (Å²) in [5, 5.41) is 30.2. The average molecular weight is 358 g/mol. The molecule has 2 aromatic carbocycles. The second-order valence-corrected chi connectivity index (χ2v) is 7.07. The highest BCUT2D eigenvalue weighted by Crippen LogP contribution is 2.41. The highest BCUT2D eigenvalue weighted by Gasteiger charge is 2.23. The lowest BCUT2D eigenvalue weighted by molar-refractivity contribution is 0.0893. The van der Waals surface area contributed by atoms with Gasteiger partial charge in [0.25, 0.3) is 0 Å². The van der Waals surface area contributed by atoms with Gasteiger partial charge in [-0.3, -0.25) is 0 Å². The molecule has 4 heteroatoms. The lowest BCUT2D eigenvalue weighted by atomic mass is 9.83. The number of aryl methyl sites for hydroxylation is 4. The first-order chi connectivity index (χ1) is 12.3. The standard InChI is InChI=1S/C22H30O4/c1-14-10-16(3)21(24)19(12-14)18(6-5-8-26-9-7-23)20-13-15(2)11-17(4)22(20)25/h10-13,18,23-25H,5-9H2,1-4H3. The van der Waals surface area contributed by atoms with Crippen LogP contribution >= 0.6 is 0 Å². The third kappa shape index (κ3) is 4.77. The van der Waals surface area contributed by atoms with Crippen molar-refractivity contribution >= 4 is 0 Å². The van der Waals surface area contributed by atoms with E-state index in [1.807, 2.05) is 52.0 Å². The fourth-order valence-corrected chi connectivity index (χ4v) is 3.55. The number of phenols is 2. The van der Waals surface area contributed by atoms with Crippen LogP contribution in [0, 0.1) is 27.7 Å². The fraction of sp³-hybridized carbons (Fsp3) is 0.455. The predicted molar refractivity (Wildman–Crippen MR) is 104 cm³/mol. The Morgan fingerprint density at radius 2 is 1.31 bits per heavy atom. The molecule has 0 fully saturated rings. The molecule has 0 aromatic heterocycles. The molecule has 2 aromatic rings. The Labute approximate surface area is 156 Å². The van der Waals surface area contributed by atoms with Crippen molar-refractivity contribution in [1.82, 2.24) is 0 Å². The minimum atomic E-state index is -0.120. The third-order valence-corrected chi connectivity index (χ3v) is 4.72. The summed E-state index contributed by atoms with van der Waals surface area (Å²) < 4.78 is 5.39. The van der Waals surface area contributed by atoms with Gasteiger partial charge in [-0.15, -0.1) is 0 Å². The molecule has 0 aliphatic carbocycles. The van der Waals surface area contributed by atoms with Gasteiger partial charge in [0, 0.05) is 23.7 Å². The number of phenolic OH excluding ortho intramolecular Hbond substituents is 2. The minimum absolute atomic E-state index is 0.0130. The van der Waals surface area contributed by atoms with E-state index in [0.29, 0.717) is 13.2 Å². The zero-order chi connectivity index (χ0) is 19.3. The zero-order valence-corrected chi connectivity index (χ0v) is 16.2. The molecule has 0 heterocycles. The summed E-state index contributed by atoms with van der Waals surface area (Å²) in [6, 6.07) is 7.92. The molecule has 4 nitrogen and oxygen atoms in total. The molecule has 0 unspecified atom stereocenters. The number of aromatic hydroxyl groups is 2. The van der Waals surface area contributed by atoms with Gasteiger partial charge in [-0.25, -0.2) is 0 Å². The van der Waals surface area contributed by atoms with E-state index in [2.05, 4.69) is 0 Å². The first kappa shape index (κ1) is 20.3. The van der Waals surface area contributed by atoms with Gasteiger partial charge in [0.1, 0.15) is 11.5 Å². The van der Waals surface area contributed by atoms with Crippen LogP contribution in [0.4, 0.5) is 0 Å². The number of benzene rings is 2. The zero-order valence-electron chi connectivity index (χ0n) is 16.2. The van der Waals surface area contributed by atoms with E-state index < -0.39 is 0 Å². The Morgan fingerprint density at radius 3 is 1.77 bits per heavy atom. The maximum Gasteiger partial charge on any atom is 0.122 e. The largest absolute Gasteiger partial charge is 0.507 e. The highest BCUT2D eigenvalue weighted by atomic mass is 16.5. The van der Waals surface area contributed by atoms with E-state index in [9.17, 15) is 10.2 Å². The second kappa shape index (κ2) is 9.06. The molecule has 0 spiro atoms. The van der Waals surface area contributed by atoms with Gasteiger partial charge >= 0.3 is 0 Å². The summed E-state index contributed by atoms with van der Waals surface area (Å²) in [5.74, 6) is 0.454. The SMILES string of the molecule is Cc1cc(C)c(O)c(C(CCCOCCO)c2cc(C)cc(C)c2O)c1. The van der Waals surface area contributed by atoms with Crippen molar-refractivity contribution in [2.45, 2.75) is 46.5 Å². The van der Waals surface area contributed by atoms with Crippen LogP contribution in [0.25, 0.3) is 0 Å². The van der Waals surface area contributed by atoms with Crippen LogP contribution in [0.5, 0.6) is 11.5 Å². The van der Waals surface area contributed by atoms with Gasteiger partial charge in [0.2, 0.25) is 0 Å². The van der Waals surface area contributed by atoms with Crippen LogP contribution in [-0.4, -0.2) is 35.1 Å². The van der Waals surface area contributed by atoms with Gasteiger partial charge < -0.3 is 20.1 Å². The summed E-state index contributed by atoms with van der Waals surface area (Å²) in [5.41, 5.74) is 5.52. The van der Waals surface area contributed by atoms with Crippen molar-refractivity contribution in [3.63, 3.8) is 0 Å². The molecule has 0 aliphatic rings. The maximum atomic E-state index is 10.7. The smallest absolute Gasteiger partial charge is 0.122 e. The van der Waals surface area contributed by atoms with Crippen molar-refractivity contribution < 1.29 is 20.1 Å². The molecule has 3 N–H and O–H groups in total. The van der Waals surface area contributed by atoms with Gasteiger partial charge in [0.15, 0.2) is 0 Å². The molecule has 0 saturated heterocycles. The summed E-state index contributed by atoms with van der Waals surface area (Å²) in [6.45, 7) is 8.70. The molecule has 0 aliphatic heterocycles. The number of hydrogen-bond donors (Lipinski definition) is 3. The number of ether oxygens (including phenoxy) is 1. The van der Waals surface area contributed by atoms with E-state index >= 15 is 0 Å². The Balaban J connectivity index is 2.43. The molecular weight excluding hydrogens is 328 g/mol. The lowest BCUT2D eigenvalue weighted by Gasteiger charge is -2.23. The quantitative estimate of drug-likeness (QED) is 0.617. The van der Waals surface area contributed by atoms with Crippen molar-refractivity contribution in [1.29, 1.82) is 0 Å². The molecule has 0 bridgehead atoms. The van der Waals surface area contributed by atoms with Crippen molar-refractivity contribution in [3.05, 3.63) is 57.6 Å². The average Bonchev–Trinajstić information content (AvgIpc) is 2.58. The monoisotopic (exact) mass is 358 g/mol. The second-order valence-electron chi connectivity index (χ2n) is 7.07. The van der Waals surface area contributed by atoms with Gasteiger partial charge in [-0.1, -0.05) is 35.4 Å². The van der Waals surface area contributed by atoms with Crippen LogP contribution in [-0.2, 0) is 4.74 Å². The molecule has 0 amide bonds. The Morgan fingerprint density at radius 1 is 0.808 bits per heavy atom. The first-order valence-corrected chi connectivity index (χ1v) is 9.14. The Kier molecular flexibility index (Phi) is 7.06. The van der Waals surface area contributed by atoms with Crippen LogP contribution in [0.1, 0.15) is 52.1 Å². The number of aliphatic hydroxyl groups excluding tert-OH is 1. The maximum absolute atomic E-state index is 10.7. The topological polar surface area (TPSA) is 69.9 Å². The molecule has 0 atom stereocenters. The van der Waals surface area contributed by atoms with Crippen molar-refractivity contribution in [2.24, 2.45) is 0 Å². The summed E-state index contributed by atoms with van der Waals surface area (Å²) in [4.78, 5) is 0. The molecule has 2 rings (SSSR count). The molecule has 26 heavy (non-hydrogen) atoms. The Hall–Kier alpha value is -2.04. The Bertz CT molecular complexity index is 695. The van der Waals surface area contributed by atoms with Gasteiger partial charge in [-0.2, -0.15) is 0 Å². The van der Waals surface area contributed by atoms with E-state index in [-0.39, 0.29) is 24.0 Å². The lowest BCUT2D eigenvalue weighted by Crippen LogP contribution is -2.07. The number of aliphatic hydroxyl groups is 1. The van der Waals surface area contributed by atoms with Crippen LogP contribution in [0.2, 0.25) is 0 Å². The van der Waals surface area contributed by atoms with Gasteiger partial charge in [-0.05, 0) is 51.7 Å². The molecular formula is C22H30O4. The van der Waals surface area contributed by atoms with Crippen LogP contribution < -0.4 is 0 Å². The van der Waals surface area contributed by atoms with E-state index in [1.165, 1.54) is 0 Å². The fourth-order valence-electron chi connectivity index (χ4n) is 3.55. The van der Waals surface area contributed by atoms with Gasteiger partial charge in [0.05, 0.1) is 13.2 Å². The number of hydrogen-bond acceptors (Lipinski definition) is 4. The van der Waals surface area contributed by atoms with E-state index in [1.54, 1.807) is 0 Å². The van der Waals surface area contributed by atoms with Crippen LogP contribution in [0.3, 0.4) is 0 Å². The van der Waals surface area contributed by atoms with E-state index in [4.69, 9.17) is 9.84 Å².